The standard InChI is InChI=1S/C15H21N7O/c1-5-11(12-6-7-16-21(12)2)18-14-10-8-17-22(3)15(10)20-13(19-14)9-23-4/h6-8,11H,5,9H2,1-4H3,(H,18,19,20). The number of ether oxygens (including phenoxy) is 1. The predicted octanol–water partition coefficient (Wildman–Crippen LogP) is 1.81. The third-order valence-corrected chi connectivity index (χ3v) is 3.85. The van der Waals surface area contributed by atoms with E-state index < -0.39 is 0 Å². The quantitative estimate of drug-likeness (QED) is 0.747. The molecular weight excluding hydrogens is 294 g/mol. The van der Waals surface area contributed by atoms with Gasteiger partial charge in [-0.1, -0.05) is 6.92 Å². The maximum absolute atomic E-state index is 5.17. The van der Waals surface area contributed by atoms with Gasteiger partial charge in [-0.05, 0) is 12.5 Å². The molecule has 0 saturated carbocycles. The summed E-state index contributed by atoms with van der Waals surface area (Å²) < 4.78 is 8.79. The molecule has 0 saturated heterocycles. The largest absolute Gasteiger partial charge is 0.377 e. The zero-order valence-corrected chi connectivity index (χ0v) is 13.8. The van der Waals surface area contributed by atoms with Gasteiger partial charge in [-0.2, -0.15) is 10.2 Å². The van der Waals surface area contributed by atoms with Crippen molar-refractivity contribution in [3.63, 3.8) is 0 Å². The molecule has 0 bridgehead atoms. The molecule has 0 spiro atoms. The maximum atomic E-state index is 5.17. The average molecular weight is 315 g/mol. The van der Waals surface area contributed by atoms with Gasteiger partial charge in [-0.3, -0.25) is 9.36 Å². The van der Waals surface area contributed by atoms with Crippen molar-refractivity contribution < 1.29 is 4.74 Å². The van der Waals surface area contributed by atoms with Gasteiger partial charge in [-0.15, -0.1) is 0 Å². The first kappa shape index (κ1) is 15.4. The molecule has 1 N–H and O–H groups in total. The number of aromatic nitrogens is 6. The lowest BCUT2D eigenvalue weighted by Gasteiger charge is -2.18. The zero-order chi connectivity index (χ0) is 16.4. The molecular formula is C15H21N7O. The molecule has 0 fully saturated rings. The van der Waals surface area contributed by atoms with Crippen LogP contribution in [0.1, 0.15) is 30.9 Å². The van der Waals surface area contributed by atoms with Crippen LogP contribution in [0.5, 0.6) is 0 Å². The number of anilines is 1. The monoisotopic (exact) mass is 315 g/mol. The highest BCUT2D eigenvalue weighted by Gasteiger charge is 2.17. The lowest BCUT2D eigenvalue weighted by molar-refractivity contribution is 0.178. The Balaban J connectivity index is 2.02. The van der Waals surface area contributed by atoms with Gasteiger partial charge in [0, 0.05) is 27.4 Å². The highest BCUT2D eigenvalue weighted by atomic mass is 16.5. The van der Waals surface area contributed by atoms with Crippen LogP contribution in [0.25, 0.3) is 11.0 Å². The van der Waals surface area contributed by atoms with E-state index in [1.54, 1.807) is 24.2 Å². The van der Waals surface area contributed by atoms with Crippen LogP contribution in [-0.2, 0) is 25.4 Å². The summed E-state index contributed by atoms with van der Waals surface area (Å²) in [7, 11) is 5.44. The minimum absolute atomic E-state index is 0.108. The van der Waals surface area contributed by atoms with Crippen molar-refractivity contribution in [1.82, 2.24) is 29.5 Å². The predicted molar refractivity (Wildman–Crippen MR) is 86.9 cm³/mol. The Hall–Kier alpha value is -2.48. The normalized spacial score (nSPS) is 12.7. The molecule has 0 aliphatic rings. The Kier molecular flexibility index (Phi) is 4.24. The van der Waals surface area contributed by atoms with Crippen LogP contribution < -0.4 is 5.32 Å². The number of nitrogens with one attached hydrogen (secondary N) is 1. The third kappa shape index (κ3) is 2.89. The molecule has 3 heterocycles. The second kappa shape index (κ2) is 6.33. The summed E-state index contributed by atoms with van der Waals surface area (Å²) in [5.74, 6) is 1.40. The van der Waals surface area contributed by atoms with Gasteiger partial charge in [0.15, 0.2) is 11.5 Å². The third-order valence-electron chi connectivity index (χ3n) is 3.85. The van der Waals surface area contributed by atoms with Crippen molar-refractivity contribution in [1.29, 1.82) is 0 Å². The maximum Gasteiger partial charge on any atom is 0.163 e. The molecule has 1 unspecified atom stereocenters. The van der Waals surface area contributed by atoms with E-state index in [-0.39, 0.29) is 6.04 Å². The Bertz CT molecular complexity index is 807. The van der Waals surface area contributed by atoms with E-state index in [0.29, 0.717) is 12.4 Å². The molecule has 0 aliphatic carbocycles. The van der Waals surface area contributed by atoms with Crippen molar-refractivity contribution in [3.05, 3.63) is 30.0 Å². The van der Waals surface area contributed by atoms with Crippen LogP contribution in [0.15, 0.2) is 18.5 Å². The van der Waals surface area contributed by atoms with Gasteiger partial charge >= 0.3 is 0 Å². The van der Waals surface area contributed by atoms with Gasteiger partial charge in [-0.25, -0.2) is 9.97 Å². The minimum atomic E-state index is 0.108. The fourth-order valence-electron chi connectivity index (χ4n) is 2.65. The fraction of sp³-hybridized carbons (Fsp3) is 0.467. The summed E-state index contributed by atoms with van der Waals surface area (Å²) in [5, 5.41) is 12.9. The van der Waals surface area contributed by atoms with Crippen LogP contribution in [0.4, 0.5) is 5.82 Å². The average Bonchev–Trinajstić information content (AvgIpc) is 3.12. The Labute approximate surface area is 134 Å². The second-order valence-electron chi connectivity index (χ2n) is 5.41. The number of hydrogen-bond acceptors (Lipinski definition) is 6. The topological polar surface area (TPSA) is 82.7 Å². The van der Waals surface area contributed by atoms with Crippen molar-refractivity contribution in [2.75, 3.05) is 12.4 Å². The summed E-state index contributed by atoms with van der Waals surface area (Å²) in [4.78, 5) is 9.11. The van der Waals surface area contributed by atoms with Gasteiger partial charge in [0.1, 0.15) is 12.4 Å². The van der Waals surface area contributed by atoms with Crippen LogP contribution in [0.3, 0.4) is 0 Å². The van der Waals surface area contributed by atoms with E-state index in [4.69, 9.17) is 4.74 Å². The van der Waals surface area contributed by atoms with Crippen molar-refractivity contribution in [2.24, 2.45) is 14.1 Å². The first-order valence-corrected chi connectivity index (χ1v) is 7.56. The zero-order valence-electron chi connectivity index (χ0n) is 13.8. The van der Waals surface area contributed by atoms with E-state index in [0.717, 1.165) is 29.0 Å². The van der Waals surface area contributed by atoms with Crippen LogP contribution in [0.2, 0.25) is 0 Å². The molecule has 0 aromatic carbocycles. The minimum Gasteiger partial charge on any atom is -0.377 e. The van der Waals surface area contributed by atoms with Crippen molar-refractivity contribution in [3.8, 4) is 0 Å². The van der Waals surface area contributed by atoms with Crippen LogP contribution >= 0.6 is 0 Å². The summed E-state index contributed by atoms with van der Waals surface area (Å²) in [6.45, 7) is 2.49. The Morgan fingerprint density at radius 3 is 2.70 bits per heavy atom. The molecule has 0 aliphatic heterocycles. The van der Waals surface area contributed by atoms with Gasteiger partial charge < -0.3 is 10.1 Å². The molecule has 3 aromatic rings. The molecule has 3 aromatic heterocycles. The van der Waals surface area contributed by atoms with Crippen molar-refractivity contribution in [2.45, 2.75) is 26.0 Å². The van der Waals surface area contributed by atoms with E-state index in [9.17, 15) is 0 Å². The van der Waals surface area contributed by atoms with E-state index >= 15 is 0 Å². The molecule has 1 atom stereocenters. The number of fused-ring (bicyclic) bond motifs is 1. The van der Waals surface area contributed by atoms with Crippen LogP contribution in [-0.4, -0.2) is 36.6 Å². The lowest BCUT2D eigenvalue weighted by atomic mass is 10.1. The smallest absolute Gasteiger partial charge is 0.163 e. The summed E-state index contributed by atoms with van der Waals surface area (Å²) in [5.41, 5.74) is 1.89. The summed E-state index contributed by atoms with van der Waals surface area (Å²) in [6, 6.07) is 2.12. The number of methoxy groups -OCH3 is 1. The first-order valence-electron chi connectivity index (χ1n) is 7.56. The van der Waals surface area contributed by atoms with Gasteiger partial charge in [0.25, 0.3) is 0 Å². The summed E-state index contributed by atoms with van der Waals surface area (Å²) >= 11 is 0. The molecule has 8 heteroatoms. The number of hydrogen-bond donors (Lipinski definition) is 1. The van der Waals surface area contributed by atoms with E-state index in [1.165, 1.54) is 0 Å². The highest BCUT2D eigenvalue weighted by Crippen LogP contribution is 2.26. The van der Waals surface area contributed by atoms with Gasteiger partial charge in [0.05, 0.1) is 23.3 Å². The van der Waals surface area contributed by atoms with Crippen LogP contribution in [0, 0.1) is 0 Å². The van der Waals surface area contributed by atoms with Gasteiger partial charge in [0.2, 0.25) is 0 Å². The number of aryl methyl sites for hydroxylation is 2. The Morgan fingerprint density at radius 2 is 2.04 bits per heavy atom. The van der Waals surface area contributed by atoms with Crippen molar-refractivity contribution >= 4 is 16.9 Å². The Morgan fingerprint density at radius 1 is 1.22 bits per heavy atom. The molecule has 0 amide bonds. The SMILES string of the molecule is CCC(Nc1nc(COC)nc2c1cnn2C)c1ccnn1C. The molecule has 122 valence electrons. The highest BCUT2D eigenvalue weighted by molar-refractivity contribution is 5.86. The molecule has 0 radical (unpaired) electrons. The molecule has 23 heavy (non-hydrogen) atoms. The fourth-order valence-corrected chi connectivity index (χ4v) is 2.65. The second-order valence-corrected chi connectivity index (χ2v) is 5.41. The van der Waals surface area contributed by atoms with E-state index in [2.05, 4.69) is 32.4 Å². The van der Waals surface area contributed by atoms with E-state index in [1.807, 2.05) is 24.8 Å². The number of nitrogens with zero attached hydrogens (tertiary/aromatic N) is 6. The molecule has 8 nitrogen and oxygen atoms in total. The lowest BCUT2D eigenvalue weighted by Crippen LogP contribution is -2.16. The number of rotatable bonds is 6. The first-order chi connectivity index (χ1) is 11.1. The molecule has 3 rings (SSSR count). The summed E-state index contributed by atoms with van der Waals surface area (Å²) in [6.07, 6.45) is 4.49.